The van der Waals surface area contributed by atoms with Crippen LogP contribution in [0.2, 0.25) is 0 Å². The summed E-state index contributed by atoms with van der Waals surface area (Å²) in [5.74, 6) is 1.68. The molecule has 0 aliphatic carbocycles. The molecular formula is C51H30N4O2. The maximum absolute atomic E-state index is 6.47. The molecule has 12 rings (SSSR count). The minimum absolute atomic E-state index is 0.533. The first-order chi connectivity index (χ1) is 28.2. The Balaban J connectivity index is 1.09. The topological polar surface area (TPSA) is 69.9 Å². The van der Waals surface area contributed by atoms with Crippen LogP contribution < -0.4 is 0 Å². The van der Waals surface area contributed by atoms with Gasteiger partial charge in [0, 0.05) is 54.6 Å². The van der Waals surface area contributed by atoms with Gasteiger partial charge in [-0.25, -0.2) is 4.98 Å². The molecule has 4 aromatic heterocycles. The van der Waals surface area contributed by atoms with Crippen molar-refractivity contribution in [2.24, 2.45) is 0 Å². The maximum Gasteiger partial charge on any atom is 0.238 e. The molecule has 0 atom stereocenters. The van der Waals surface area contributed by atoms with Crippen molar-refractivity contribution < 1.29 is 8.83 Å². The van der Waals surface area contributed by atoms with Crippen LogP contribution >= 0.6 is 0 Å². The zero-order chi connectivity index (χ0) is 37.5. The third-order valence-corrected chi connectivity index (χ3v) is 11.1. The largest absolute Gasteiger partial charge is 0.456 e. The Morgan fingerprint density at radius 1 is 0.351 bits per heavy atom. The second kappa shape index (κ2) is 12.3. The number of hydrogen-bond acceptors (Lipinski definition) is 5. The number of fused-ring (bicyclic) bond motifs is 9. The normalized spacial score (nSPS) is 11.9. The zero-order valence-electron chi connectivity index (χ0n) is 30.4. The quantitative estimate of drug-likeness (QED) is 0.176. The highest BCUT2D eigenvalue weighted by Gasteiger charge is 2.21. The Bertz CT molecular complexity index is 3540. The third kappa shape index (κ3) is 4.94. The molecule has 0 unspecified atom stereocenters. The lowest BCUT2D eigenvalue weighted by molar-refractivity contribution is 0.669. The second-order valence-electron chi connectivity index (χ2n) is 14.4. The highest BCUT2D eigenvalue weighted by molar-refractivity contribution is 6.14. The van der Waals surface area contributed by atoms with E-state index in [1.54, 1.807) is 0 Å². The number of nitrogens with zero attached hydrogens (tertiary/aromatic N) is 4. The van der Waals surface area contributed by atoms with E-state index < -0.39 is 0 Å². The molecule has 0 N–H and O–H groups in total. The van der Waals surface area contributed by atoms with Crippen LogP contribution in [0.15, 0.2) is 191 Å². The highest BCUT2D eigenvalue weighted by atomic mass is 16.3. The van der Waals surface area contributed by atoms with Gasteiger partial charge in [-0.2, -0.15) is 9.97 Å². The molecule has 12 aromatic rings. The first kappa shape index (κ1) is 31.5. The summed E-state index contributed by atoms with van der Waals surface area (Å²) in [5.41, 5.74) is 11.4. The molecule has 0 aliphatic heterocycles. The predicted molar refractivity (Wildman–Crippen MR) is 230 cm³/mol. The SMILES string of the molecule is c1ccc(-c2nc(-c3ccc4c(c3)oc3ccccc34)nc(-n3c4ccccc4c4cccc(-c5cccc(-c6cccc7c6oc6ccccc67)c5)c43)n2)cc1. The van der Waals surface area contributed by atoms with Crippen molar-refractivity contribution in [2.45, 2.75) is 0 Å². The van der Waals surface area contributed by atoms with Crippen molar-refractivity contribution in [1.29, 1.82) is 0 Å². The Morgan fingerprint density at radius 3 is 1.75 bits per heavy atom. The number of benzene rings is 8. The van der Waals surface area contributed by atoms with Gasteiger partial charge in [0.2, 0.25) is 5.95 Å². The monoisotopic (exact) mass is 730 g/mol. The lowest BCUT2D eigenvalue weighted by Crippen LogP contribution is -2.07. The maximum atomic E-state index is 6.47. The molecule has 6 nitrogen and oxygen atoms in total. The molecule has 0 fully saturated rings. The summed E-state index contributed by atoms with van der Waals surface area (Å²) in [6.45, 7) is 0. The Labute approximate surface area is 325 Å². The van der Waals surface area contributed by atoms with Crippen LogP contribution in [-0.4, -0.2) is 19.5 Å². The molecule has 4 heterocycles. The summed E-state index contributed by atoms with van der Waals surface area (Å²) in [6, 6.07) is 62.7. The van der Waals surface area contributed by atoms with Crippen molar-refractivity contribution >= 4 is 65.7 Å². The minimum atomic E-state index is 0.533. The third-order valence-electron chi connectivity index (χ3n) is 11.1. The fourth-order valence-corrected chi connectivity index (χ4v) is 8.46. The van der Waals surface area contributed by atoms with Crippen molar-refractivity contribution in [3.05, 3.63) is 182 Å². The van der Waals surface area contributed by atoms with Gasteiger partial charge in [0.05, 0.1) is 11.0 Å². The zero-order valence-corrected chi connectivity index (χ0v) is 30.4. The number of hydrogen-bond donors (Lipinski definition) is 0. The van der Waals surface area contributed by atoms with Gasteiger partial charge >= 0.3 is 0 Å². The molecule has 0 saturated heterocycles. The van der Waals surface area contributed by atoms with E-state index in [0.29, 0.717) is 17.6 Å². The Morgan fingerprint density at radius 2 is 0.930 bits per heavy atom. The standard InChI is InChI=1S/C51H30N4O2/c1-2-13-31(14-3-1)49-52-50(34-27-28-40-38-18-5-8-25-44(38)56-46(40)30-34)54-51(53-49)55-43-24-7-4-17-37(43)41-22-11-20-35(47(41)55)32-15-10-16-33(29-32)36-21-12-23-42-39-19-6-9-26-45(39)57-48(36)42/h1-30H. The summed E-state index contributed by atoms with van der Waals surface area (Å²) in [6.07, 6.45) is 0. The summed E-state index contributed by atoms with van der Waals surface area (Å²) in [5, 5.41) is 6.58. The molecule has 0 saturated carbocycles. The molecule has 0 aliphatic rings. The van der Waals surface area contributed by atoms with Crippen LogP contribution in [0.5, 0.6) is 0 Å². The van der Waals surface area contributed by atoms with E-state index in [1.165, 1.54) is 0 Å². The number of furan rings is 2. The van der Waals surface area contributed by atoms with Gasteiger partial charge < -0.3 is 8.83 Å². The van der Waals surface area contributed by atoms with E-state index in [2.05, 4.69) is 120 Å². The molecule has 266 valence electrons. The Hall–Kier alpha value is -7.83. The van der Waals surface area contributed by atoms with Gasteiger partial charge in [-0.05, 0) is 47.5 Å². The fourth-order valence-electron chi connectivity index (χ4n) is 8.46. The lowest BCUT2D eigenvalue weighted by Gasteiger charge is -2.13. The molecule has 0 bridgehead atoms. The van der Waals surface area contributed by atoms with Gasteiger partial charge in [0.1, 0.15) is 22.3 Å². The lowest BCUT2D eigenvalue weighted by atomic mass is 9.96. The van der Waals surface area contributed by atoms with Crippen molar-refractivity contribution in [3.8, 4) is 51.0 Å². The van der Waals surface area contributed by atoms with Crippen molar-refractivity contribution in [2.75, 3.05) is 0 Å². The van der Waals surface area contributed by atoms with Gasteiger partial charge in [-0.1, -0.05) is 146 Å². The van der Waals surface area contributed by atoms with E-state index in [9.17, 15) is 0 Å². The second-order valence-corrected chi connectivity index (χ2v) is 14.4. The fraction of sp³-hybridized carbons (Fsp3) is 0. The van der Waals surface area contributed by atoms with E-state index in [4.69, 9.17) is 23.8 Å². The average molecular weight is 731 g/mol. The van der Waals surface area contributed by atoms with Crippen LogP contribution in [-0.2, 0) is 0 Å². The molecule has 0 amide bonds. The first-order valence-electron chi connectivity index (χ1n) is 19.0. The summed E-state index contributed by atoms with van der Waals surface area (Å²) in [7, 11) is 0. The van der Waals surface area contributed by atoms with Crippen molar-refractivity contribution in [1.82, 2.24) is 19.5 Å². The van der Waals surface area contributed by atoms with Gasteiger partial charge in [-0.3, -0.25) is 4.57 Å². The van der Waals surface area contributed by atoms with E-state index in [1.807, 2.05) is 66.7 Å². The van der Waals surface area contributed by atoms with Gasteiger partial charge in [0.25, 0.3) is 0 Å². The molecule has 0 radical (unpaired) electrons. The predicted octanol–water partition coefficient (Wildman–Crippen LogP) is 13.4. The van der Waals surface area contributed by atoms with E-state index >= 15 is 0 Å². The van der Waals surface area contributed by atoms with E-state index in [-0.39, 0.29) is 0 Å². The molecule has 6 heteroatoms. The number of rotatable bonds is 5. The Kier molecular flexibility index (Phi) is 6.83. The molecule has 0 spiro atoms. The number of aromatic nitrogens is 4. The highest BCUT2D eigenvalue weighted by Crippen LogP contribution is 2.41. The summed E-state index contributed by atoms with van der Waals surface area (Å²) in [4.78, 5) is 15.6. The van der Waals surface area contributed by atoms with Gasteiger partial charge in [-0.15, -0.1) is 0 Å². The van der Waals surface area contributed by atoms with Crippen molar-refractivity contribution in [3.63, 3.8) is 0 Å². The molecule has 8 aromatic carbocycles. The van der Waals surface area contributed by atoms with E-state index in [0.717, 1.165) is 99.1 Å². The van der Waals surface area contributed by atoms with Crippen LogP contribution in [0.25, 0.3) is 117 Å². The van der Waals surface area contributed by atoms with Gasteiger partial charge in [0.15, 0.2) is 11.6 Å². The molecule has 57 heavy (non-hydrogen) atoms. The minimum Gasteiger partial charge on any atom is -0.456 e. The molecular weight excluding hydrogens is 701 g/mol. The van der Waals surface area contributed by atoms with Crippen LogP contribution in [0.4, 0.5) is 0 Å². The average Bonchev–Trinajstić information content (AvgIpc) is 3.96. The first-order valence-corrected chi connectivity index (χ1v) is 19.0. The van der Waals surface area contributed by atoms with Crippen LogP contribution in [0.3, 0.4) is 0 Å². The summed E-state index contributed by atoms with van der Waals surface area (Å²) < 4.78 is 15.0. The van der Waals surface area contributed by atoms with Crippen LogP contribution in [0.1, 0.15) is 0 Å². The van der Waals surface area contributed by atoms with Crippen LogP contribution in [0, 0.1) is 0 Å². The number of para-hydroxylation sites is 5. The summed E-state index contributed by atoms with van der Waals surface area (Å²) >= 11 is 0. The smallest absolute Gasteiger partial charge is 0.238 e.